The van der Waals surface area contributed by atoms with Gasteiger partial charge in [0.25, 0.3) is 0 Å². The molecule has 2 saturated heterocycles. The first-order chi connectivity index (χ1) is 17.5. The molecule has 3 rings (SSSR count). The predicted octanol–water partition coefficient (Wildman–Crippen LogP) is 0.558. The van der Waals surface area contributed by atoms with E-state index in [4.69, 9.17) is 23.3 Å². The van der Waals surface area contributed by atoms with E-state index in [1.165, 1.54) is 30.8 Å². The maximum absolute atomic E-state index is 14.5. The van der Waals surface area contributed by atoms with Gasteiger partial charge >= 0.3 is 13.7 Å². The Balaban J connectivity index is 1.98. The van der Waals surface area contributed by atoms with Crippen molar-refractivity contribution in [2.75, 3.05) is 20.3 Å². The van der Waals surface area contributed by atoms with Crippen LogP contribution in [0.4, 0.5) is 0 Å². The van der Waals surface area contributed by atoms with Crippen LogP contribution in [-0.2, 0) is 28.2 Å². The van der Waals surface area contributed by atoms with Gasteiger partial charge in [-0.15, -0.1) is 0 Å². The average molecular weight is 547 g/mol. The van der Waals surface area contributed by atoms with Gasteiger partial charge in [0.2, 0.25) is 5.91 Å². The van der Waals surface area contributed by atoms with E-state index in [1.807, 2.05) is 0 Å². The molecule has 1 amide bonds. The minimum atomic E-state index is -4.46. The van der Waals surface area contributed by atoms with Crippen molar-refractivity contribution in [3.63, 3.8) is 0 Å². The van der Waals surface area contributed by atoms with Crippen LogP contribution in [-0.4, -0.2) is 94.9 Å². The fourth-order valence-corrected chi connectivity index (χ4v) is 6.42. The normalized spacial score (nSPS) is 29.9. The number of ether oxygens (including phenoxy) is 3. The number of amides is 1. The van der Waals surface area contributed by atoms with Gasteiger partial charge in [0.15, 0.2) is 6.29 Å². The molecule has 1 aromatic rings. The summed E-state index contributed by atoms with van der Waals surface area (Å²) in [6.45, 7) is 4.00. The number of hydrogen-bond acceptors (Lipinski definition) is 11. The third-order valence-corrected chi connectivity index (χ3v) is 8.00. The number of aliphatic hydroxyl groups excluding tert-OH is 3. The molecule has 0 aromatic heterocycles. The van der Waals surface area contributed by atoms with Crippen LogP contribution < -0.4 is 14.6 Å². The van der Waals surface area contributed by atoms with Crippen molar-refractivity contribution >= 4 is 19.6 Å². The zero-order valence-electron chi connectivity index (χ0n) is 21.2. The van der Waals surface area contributed by atoms with Crippen LogP contribution in [0.1, 0.15) is 33.6 Å². The molecule has 2 aliphatic heterocycles. The lowest BCUT2D eigenvalue weighted by Gasteiger charge is -2.43. The van der Waals surface area contributed by atoms with Gasteiger partial charge in [-0.2, -0.15) is 4.67 Å². The number of benzene rings is 1. The van der Waals surface area contributed by atoms with Crippen molar-refractivity contribution in [3.8, 4) is 11.5 Å². The Morgan fingerprint density at radius 3 is 2.43 bits per heavy atom. The number of rotatable bonds is 10. The summed E-state index contributed by atoms with van der Waals surface area (Å²) in [7, 11) is -2.97. The van der Waals surface area contributed by atoms with E-state index in [0.29, 0.717) is 18.6 Å². The summed E-state index contributed by atoms with van der Waals surface area (Å²) in [5.41, 5.74) is 0. The molecular weight excluding hydrogens is 511 g/mol. The van der Waals surface area contributed by atoms with E-state index in [-0.39, 0.29) is 12.3 Å². The highest BCUT2D eigenvalue weighted by Crippen LogP contribution is 2.57. The number of esters is 1. The van der Waals surface area contributed by atoms with Gasteiger partial charge in [0.1, 0.15) is 41.9 Å². The molecule has 1 aromatic carbocycles. The van der Waals surface area contributed by atoms with Crippen molar-refractivity contribution in [3.05, 3.63) is 24.3 Å². The van der Waals surface area contributed by atoms with E-state index < -0.39 is 69.0 Å². The summed E-state index contributed by atoms with van der Waals surface area (Å²) < 4.78 is 43.3. The van der Waals surface area contributed by atoms with E-state index in [9.17, 15) is 29.5 Å². The molecular formula is C23H35N2O11P. The summed E-state index contributed by atoms with van der Waals surface area (Å²) in [5.74, 6) is -0.537. The van der Waals surface area contributed by atoms with Crippen molar-refractivity contribution < 1.29 is 52.7 Å². The van der Waals surface area contributed by atoms with Gasteiger partial charge < -0.3 is 39.4 Å². The molecule has 2 fully saturated rings. The average Bonchev–Trinajstić information content (AvgIpc) is 3.35. The first-order valence-electron chi connectivity index (χ1n) is 12.0. The first-order valence-corrected chi connectivity index (χ1v) is 13.5. The van der Waals surface area contributed by atoms with Crippen LogP contribution in [0.15, 0.2) is 24.3 Å². The zero-order chi connectivity index (χ0) is 27.3. The molecule has 2 unspecified atom stereocenters. The zero-order valence-corrected chi connectivity index (χ0v) is 22.1. The number of carbonyl (C=O) groups excluding carboxylic acids is 2. The van der Waals surface area contributed by atoms with Crippen LogP contribution in [0.25, 0.3) is 0 Å². The second kappa shape index (κ2) is 12.5. The van der Waals surface area contributed by atoms with Crippen LogP contribution in [0.5, 0.6) is 11.5 Å². The lowest BCUT2D eigenvalue weighted by atomic mass is 9.97. The molecule has 2 aliphatic rings. The maximum atomic E-state index is 14.5. The summed E-state index contributed by atoms with van der Waals surface area (Å²) >= 11 is 0. The largest absolute Gasteiger partial charge is 0.497 e. The summed E-state index contributed by atoms with van der Waals surface area (Å²) in [5, 5.41) is 33.5. The van der Waals surface area contributed by atoms with Crippen molar-refractivity contribution in [1.82, 2.24) is 9.99 Å². The number of nitrogens with one attached hydrogen (secondary N) is 1. The molecule has 0 saturated carbocycles. The quantitative estimate of drug-likeness (QED) is 0.238. The van der Waals surface area contributed by atoms with Gasteiger partial charge in [0.05, 0.1) is 19.8 Å². The molecule has 7 atom stereocenters. The summed E-state index contributed by atoms with van der Waals surface area (Å²) in [6, 6.07) is 3.83. The topological polar surface area (TPSA) is 173 Å². The monoisotopic (exact) mass is 546 g/mol. The minimum Gasteiger partial charge on any atom is -0.497 e. The molecule has 0 aliphatic carbocycles. The molecule has 37 heavy (non-hydrogen) atoms. The molecule has 2 heterocycles. The van der Waals surface area contributed by atoms with E-state index >= 15 is 0 Å². The molecule has 4 N–H and O–H groups in total. The SMILES string of the molecule is COc1ccc(OP(=O)(O[C@H]2[C@H](O)[C@@H](NC(C)=O)[C@@H](O)O[C@@H]2CO)N2CCCC2C(=O)OC(C)C)cc1. The molecule has 0 spiro atoms. The highest BCUT2D eigenvalue weighted by Gasteiger charge is 2.53. The smallest absolute Gasteiger partial charge is 0.462 e. The predicted molar refractivity (Wildman–Crippen MR) is 129 cm³/mol. The Bertz CT molecular complexity index is 976. The van der Waals surface area contributed by atoms with Gasteiger partial charge in [-0.05, 0) is 51.0 Å². The summed E-state index contributed by atoms with van der Waals surface area (Å²) in [4.78, 5) is 24.5. The lowest BCUT2D eigenvalue weighted by Crippen LogP contribution is -2.64. The van der Waals surface area contributed by atoms with Gasteiger partial charge in [-0.3, -0.25) is 14.1 Å². The van der Waals surface area contributed by atoms with E-state index in [0.717, 1.165) is 0 Å². The molecule has 208 valence electrons. The Hall–Kier alpha value is -2.25. The second-order valence-corrected chi connectivity index (χ2v) is 10.9. The third-order valence-electron chi connectivity index (χ3n) is 5.94. The van der Waals surface area contributed by atoms with E-state index in [2.05, 4.69) is 5.32 Å². The number of hydrogen-bond donors (Lipinski definition) is 4. The summed E-state index contributed by atoms with van der Waals surface area (Å²) in [6.07, 6.45) is -5.77. The van der Waals surface area contributed by atoms with Crippen molar-refractivity contribution in [2.45, 2.75) is 76.4 Å². The maximum Gasteiger partial charge on any atom is 0.462 e. The van der Waals surface area contributed by atoms with Gasteiger partial charge in [-0.25, -0.2) is 4.57 Å². The fraction of sp³-hybridized carbons (Fsp3) is 0.652. The molecule has 14 heteroatoms. The van der Waals surface area contributed by atoms with Crippen LogP contribution >= 0.6 is 7.75 Å². The van der Waals surface area contributed by atoms with Crippen LogP contribution in [0, 0.1) is 0 Å². The highest BCUT2D eigenvalue weighted by atomic mass is 31.2. The minimum absolute atomic E-state index is 0.122. The standard InChI is InChI=1S/C23H35N2O11P/c1-13(2)33-22(29)17-6-5-11-25(17)37(31,35-16-9-7-15(32-4)8-10-16)36-21-18(12-26)34-23(30)19(20(21)28)24-14(3)27/h7-10,13,17-21,23,26,28,30H,5-6,11-12H2,1-4H3,(H,24,27)/t17?,18-,19-,20-,21-,23+,37?/m1/s1. The highest BCUT2D eigenvalue weighted by molar-refractivity contribution is 7.51. The number of nitrogens with zero attached hydrogens (tertiary/aromatic N) is 1. The molecule has 13 nitrogen and oxygen atoms in total. The third kappa shape index (κ3) is 6.99. The lowest BCUT2D eigenvalue weighted by molar-refractivity contribution is -0.250. The Labute approximate surface area is 215 Å². The Morgan fingerprint density at radius 2 is 1.86 bits per heavy atom. The second-order valence-electron chi connectivity index (χ2n) is 9.08. The Kier molecular flexibility index (Phi) is 9.92. The number of methoxy groups -OCH3 is 1. The number of carbonyl (C=O) groups is 2. The van der Waals surface area contributed by atoms with Gasteiger partial charge in [-0.1, -0.05) is 0 Å². The van der Waals surface area contributed by atoms with Crippen LogP contribution in [0.3, 0.4) is 0 Å². The molecule has 0 bridgehead atoms. The Morgan fingerprint density at radius 1 is 1.22 bits per heavy atom. The first kappa shape index (κ1) is 29.3. The van der Waals surface area contributed by atoms with Crippen LogP contribution in [0.2, 0.25) is 0 Å². The van der Waals surface area contributed by atoms with Gasteiger partial charge in [0, 0.05) is 13.5 Å². The molecule has 0 radical (unpaired) electrons. The number of aliphatic hydroxyl groups is 3. The van der Waals surface area contributed by atoms with Crippen molar-refractivity contribution in [1.29, 1.82) is 0 Å². The fourth-order valence-electron chi connectivity index (χ4n) is 4.26. The van der Waals surface area contributed by atoms with Crippen molar-refractivity contribution in [2.24, 2.45) is 0 Å². The van der Waals surface area contributed by atoms with E-state index in [1.54, 1.807) is 26.0 Å².